The van der Waals surface area contributed by atoms with Crippen molar-refractivity contribution in [3.8, 4) is 0 Å². The van der Waals surface area contributed by atoms with Gasteiger partial charge in [0, 0.05) is 31.6 Å². The molecule has 2 rings (SSSR count). The summed E-state index contributed by atoms with van der Waals surface area (Å²) in [5, 5.41) is 2.67. The fourth-order valence-electron chi connectivity index (χ4n) is 2.54. The van der Waals surface area contributed by atoms with E-state index in [9.17, 15) is 18.0 Å². The van der Waals surface area contributed by atoms with Crippen molar-refractivity contribution in [2.75, 3.05) is 25.1 Å². The Morgan fingerprint density at radius 1 is 1.26 bits per heavy atom. The largest absolute Gasteiger partial charge is 0.338 e. The number of Topliss-reactive ketones (excluding diaryl/α,β-unsaturated/α-hetero) is 1. The zero-order valence-corrected chi connectivity index (χ0v) is 14.2. The molecule has 1 aromatic carbocycles. The Hall–Kier alpha value is -1.89. The number of urea groups is 1. The highest BCUT2D eigenvalue weighted by Gasteiger charge is 2.32. The maximum atomic E-state index is 12.0. The third kappa shape index (κ3) is 4.79. The third-order valence-corrected chi connectivity index (χ3v) is 5.83. The minimum atomic E-state index is -3.02. The zero-order valence-electron chi connectivity index (χ0n) is 13.4. The second kappa shape index (κ2) is 7.12. The summed E-state index contributed by atoms with van der Waals surface area (Å²) >= 11 is 0. The van der Waals surface area contributed by atoms with Crippen LogP contribution in [0.3, 0.4) is 0 Å². The van der Waals surface area contributed by atoms with E-state index in [1.165, 1.54) is 4.90 Å². The molecule has 0 aromatic heterocycles. The third-order valence-electron chi connectivity index (χ3n) is 4.08. The molecule has 1 unspecified atom stereocenters. The Morgan fingerprint density at radius 2 is 1.91 bits per heavy atom. The highest BCUT2D eigenvalue weighted by atomic mass is 32.2. The summed E-state index contributed by atoms with van der Waals surface area (Å²) in [6.45, 7) is 2.18. The zero-order chi connectivity index (χ0) is 17.0. The normalized spacial score (nSPS) is 19.3. The second-order valence-corrected chi connectivity index (χ2v) is 8.17. The minimum Gasteiger partial charge on any atom is -0.338 e. The number of carbonyl (C=O) groups is 2. The number of benzene rings is 1. The van der Waals surface area contributed by atoms with Gasteiger partial charge < -0.3 is 10.2 Å². The summed E-state index contributed by atoms with van der Waals surface area (Å²) in [7, 11) is -1.44. The molecule has 7 heteroatoms. The van der Waals surface area contributed by atoms with Gasteiger partial charge in [-0.3, -0.25) is 4.79 Å². The molecule has 2 amide bonds. The van der Waals surface area contributed by atoms with E-state index in [1.54, 1.807) is 19.2 Å². The van der Waals surface area contributed by atoms with Crippen LogP contribution in [0.1, 0.15) is 28.8 Å². The monoisotopic (exact) mass is 338 g/mol. The molecule has 1 fully saturated rings. The average molecular weight is 338 g/mol. The van der Waals surface area contributed by atoms with Crippen LogP contribution in [0.4, 0.5) is 4.79 Å². The average Bonchev–Trinajstić information content (AvgIpc) is 2.87. The first-order chi connectivity index (χ1) is 10.8. The quantitative estimate of drug-likeness (QED) is 0.823. The molecule has 1 saturated heterocycles. The topological polar surface area (TPSA) is 83.6 Å². The van der Waals surface area contributed by atoms with Crippen LogP contribution in [0.2, 0.25) is 0 Å². The molecule has 0 radical (unpaired) electrons. The maximum absolute atomic E-state index is 12.0. The van der Waals surface area contributed by atoms with Gasteiger partial charge in [0.2, 0.25) is 0 Å². The van der Waals surface area contributed by atoms with Crippen LogP contribution < -0.4 is 5.32 Å². The molecular weight excluding hydrogens is 316 g/mol. The lowest BCUT2D eigenvalue weighted by Gasteiger charge is -2.23. The van der Waals surface area contributed by atoms with Crippen molar-refractivity contribution in [3.63, 3.8) is 0 Å². The molecule has 0 spiro atoms. The summed E-state index contributed by atoms with van der Waals surface area (Å²) in [4.78, 5) is 25.4. The van der Waals surface area contributed by atoms with Gasteiger partial charge in [-0.15, -0.1) is 0 Å². The number of hydrogen-bond acceptors (Lipinski definition) is 4. The van der Waals surface area contributed by atoms with E-state index >= 15 is 0 Å². The highest BCUT2D eigenvalue weighted by Crippen LogP contribution is 2.16. The van der Waals surface area contributed by atoms with Gasteiger partial charge in [0.1, 0.15) is 0 Å². The molecule has 1 N–H and O–H groups in total. The number of sulfone groups is 1. The van der Waals surface area contributed by atoms with Gasteiger partial charge in [0.15, 0.2) is 15.6 Å². The predicted molar refractivity (Wildman–Crippen MR) is 88.3 cm³/mol. The van der Waals surface area contributed by atoms with Gasteiger partial charge in [0.05, 0.1) is 11.5 Å². The number of rotatable bonds is 5. The molecule has 0 bridgehead atoms. The number of hydrogen-bond donors (Lipinski definition) is 1. The van der Waals surface area contributed by atoms with Gasteiger partial charge in [-0.05, 0) is 13.3 Å². The van der Waals surface area contributed by atoms with Crippen LogP contribution in [-0.2, 0) is 9.84 Å². The minimum absolute atomic E-state index is 0.0131. The van der Waals surface area contributed by atoms with Crippen LogP contribution in [0, 0.1) is 6.92 Å². The molecule has 0 aliphatic carbocycles. The Kier molecular flexibility index (Phi) is 5.41. The fourth-order valence-corrected chi connectivity index (χ4v) is 4.31. The van der Waals surface area contributed by atoms with Crippen molar-refractivity contribution in [1.29, 1.82) is 0 Å². The molecule has 6 nitrogen and oxygen atoms in total. The molecule has 1 aliphatic rings. The summed E-state index contributed by atoms with van der Waals surface area (Å²) in [5.41, 5.74) is 1.71. The van der Waals surface area contributed by atoms with E-state index in [-0.39, 0.29) is 42.3 Å². The first kappa shape index (κ1) is 17.5. The van der Waals surface area contributed by atoms with Crippen LogP contribution in [-0.4, -0.2) is 56.3 Å². The smallest absolute Gasteiger partial charge is 0.317 e. The Morgan fingerprint density at radius 3 is 2.48 bits per heavy atom. The molecule has 1 aliphatic heterocycles. The Bertz CT molecular complexity index is 683. The number of carbonyl (C=O) groups excluding carboxylic acids is 2. The number of nitrogens with zero attached hydrogens (tertiary/aromatic N) is 1. The standard InChI is InChI=1S/C16H22N2O4S/c1-12-3-5-13(6-4-12)15(19)7-9-17-16(20)18(2)14-8-10-23(21,22)11-14/h3-6,14H,7-11H2,1-2H3,(H,17,20). The van der Waals surface area contributed by atoms with Crippen molar-refractivity contribution < 1.29 is 18.0 Å². The lowest BCUT2D eigenvalue weighted by Crippen LogP contribution is -2.44. The van der Waals surface area contributed by atoms with Gasteiger partial charge >= 0.3 is 6.03 Å². The molecular formula is C16H22N2O4S. The van der Waals surface area contributed by atoms with Crippen LogP contribution in [0.25, 0.3) is 0 Å². The maximum Gasteiger partial charge on any atom is 0.317 e. The first-order valence-corrected chi connectivity index (χ1v) is 9.41. The predicted octanol–water partition coefficient (Wildman–Crippen LogP) is 1.40. The molecule has 1 heterocycles. The Balaban J connectivity index is 1.78. The van der Waals surface area contributed by atoms with E-state index < -0.39 is 9.84 Å². The van der Waals surface area contributed by atoms with Gasteiger partial charge in [-0.25, -0.2) is 13.2 Å². The number of ketones is 1. The van der Waals surface area contributed by atoms with Crippen molar-refractivity contribution in [2.24, 2.45) is 0 Å². The van der Waals surface area contributed by atoms with Gasteiger partial charge in [0.25, 0.3) is 0 Å². The molecule has 1 aromatic rings. The van der Waals surface area contributed by atoms with Crippen molar-refractivity contribution in [3.05, 3.63) is 35.4 Å². The SMILES string of the molecule is Cc1ccc(C(=O)CCNC(=O)N(C)C2CCS(=O)(=O)C2)cc1. The van der Waals surface area contributed by atoms with Crippen LogP contribution >= 0.6 is 0 Å². The van der Waals surface area contributed by atoms with Crippen molar-refractivity contribution >= 4 is 21.7 Å². The summed E-state index contributed by atoms with van der Waals surface area (Å²) in [6, 6.07) is 6.67. The van der Waals surface area contributed by atoms with E-state index in [0.717, 1.165) is 5.56 Å². The second-order valence-electron chi connectivity index (χ2n) is 5.94. The summed E-state index contributed by atoms with van der Waals surface area (Å²) < 4.78 is 22.9. The summed E-state index contributed by atoms with van der Waals surface area (Å²) in [6.07, 6.45) is 0.681. The lowest BCUT2D eigenvalue weighted by molar-refractivity contribution is 0.0983. The van der Waals surface area contributed by atoms with E-state index in [2.05, 4.69) is 5.32 Å². The number of nitrogens with one attached hydrogen (secondary N) is 1. The molecule has 23 heavy (non-hydrogen) atoms. The first-order valence-electron chi connectivity index (χ1n) is 7.59. The fraction of sp³-hybridized carbons (Fsp3) is 0.500. The molecule has 126 valence electrons. The number of aryl methyl sites for hydroxylation is 1. The lowest BCUT2D eigenvalue weighted by atomic mass is 10.1. The van der Waals surface area contributed by atoms with E-state index in [0.29, 0.717) is 12.0 Å². The molecule has 0 saturated carbocycles. The van der Waals surface area contributed by atoms with Crippen molar-refractivity contribution in [2.45, 2.75) is 25.8 Å². The van der Waals surface area contributed by atoms with Crippen LogP contribution in [0.5, 0.6) is 0 Å². The van der Waals surface area contributed by atoms with Gasteiger partial charge in [-0.2, -0.15) is 0 Å². The van der Waals surface area contributed by atoms with E-state index in [4.69, 9.17) is 0 Å². The Labute approximate surface area is 136 Å². The van der Waals surface area contributed by atoms with Crippen molar-refractivity contribution in [1.82, 2.24) is 10.2 Å². The van der Waals surface area contributed by atoms with Crippen LogP contribution in [0.15, 0.2) is 24.3 Å². The van der Waals surface area contributed by atoms with E-state index in [1.807, 2.05) is 19.1 Å². The summed E-state index contributed by atoms with van der Waals surface area (Å²) in [5.74, 6) is 0.108. The molecule has 1 atom stereocenters. The highest BCUT2D eigenvalue weighted by molar-refractivity contribution is 7.91. The van der Waals surface area contributed by atoms with Gasteiger partial charge in [-0.1, -0.05) is 29.8 Å². The number of amides is 2.